The topological polar surface area (TPSA) is 52.1 Å². The largest absolute Gasteiger partial charge is 0.469 e. The second kappa shape index (κ2) is 5.68. The fraction of sp³-hybridized carbons (Fsp3) is 0.250. The van der Waals surface area contributed by atoms with Crippen molar-refractivity contribution >= 4 is 17.3 Å². The predicted octanol–water partition coefficient (Wildman–Crippen LogP) is 2.45. The van der Waals surface area contributed by atoms with Crippen LogP contribution in [0.25, 0.3) is 10.7 Å². The number of nitrogens with zero attached hydrogens (tertiary/aromatic N) is 2. The van der Waals surface area contributed by atoms with Crippen LogP contribution in [0.4, 0.5) is 4.39 Å². The normalized spacial score (nSPS) is 10.3. The summed E-state index contributed by atoms with van der Waals surface area (Å²) in [4.78, 5) is 19.2. The maximum Gasteiger partial charge on any atom is 0.305 e. The van der Waals surface area contributed by atoms with Crippen molar-refractivity contribution in [1.29, 1.82) is 0 Å². The summed E-state index contributed by atoms with van der Waals surface area (Å²) in [6.45, 7) is 0. The third-order valence-electron chi connectivity index (χ3n) is 2.33. The van der Waals surface area contributed by atoms with Crippen LogP contribution in [0.15, 0.2) is 23.7 Å². The van der Waals surface area contributed by atoms with E-state index in [1.807, 2.05) is 0 Å². The Morgan fingerprint density at radius 3 is 3.11 bits per heavy atom. The number of esters is 1. The van der Waals surface area contributed by atoms with Gasteiger partial charge in [-0.25, -0.2) is 9.37 Å². The highest BCUT2D eigenvalue weighted by Crippen LogP contribution is 2.24. The molecule has 6 heteroatoms. The molecule has 0 aliphatic rings. The fourth-order valence-corrected chi connectivity index (χ4v) is 2.26. The number of pyridine rings is 1. The molecule has 0 unspecified atom stereocenters. The monoisotopic (exact) mass is 266 g/mol. The highest BCUT2D eigenvalue weighted by molar-refractivity contribution is 7.13. The Kier molecular flexibility index (Phi) is 3.99. The molecule has 0 aromatic carbocycles. The number of aromatic nitrogens is 2. The Labute approximate surface area is 107 Å². The van der Waals surface area contributed by atoms with Gasteiger partial charge in [0.1, 0.15) is 10.7 Å². The minimum absolute atomic E-state index is 0.242. The Hall–Kier alpha value is -1.82. The lowest BCUT2D eigenvalue weighted by molar-refractivity contribution is -0.140. The van der Waals surface area contributed by atoms with Crippen LogP contribution in [0.3, 0.4) is 0 Å². The molecule has 0 spiro atoms. The number of hydrogen-bond donors (Lipinski definition) is 0. The van der Waals surface area contributed by atoms with Gasteiger partial charge in [-0.1, -0.05) is 0 Å². The van der Waals surface area contributed by atoms with Gasteiger partial charge in [-0.15, -0.1) is 11.3 Å². The average Bonchev–Trinajstić information content (AvgIpc) is 2.85. The van der Waals surface area contributed by atoms with Gasteiger partial charge < -0.3 is 4.74 Å². The van der Waals surface area contributed by atoms with Gasteiger partial charge in [-0.3, -0.25) is 9.78 Å². The highest BCUT2D eigenvalue weighted by Gasteiger charge is 2.11. The minimum atomic E-state index is -0.397. The molecule has 0 aliphatic carbocycles. The van der Waals surface area contributed by atoms with Crippen LogP contribution in [0.5, 0.6) is 0 Å². The maximum absolute atomic E-state index is 13.5. The molecule has 2 heterocycles. The Morgan fingerprint density at radius 2 is 2.39 bits per heavy atom. The van der Waals surface area contributed by atoms with E-state index >= 15 is 0 Å². The van der Waals surface area contributed by atoms with E-state index in [0.717, 1.165) is 5.69 Å². The van der Waals surface area contributed by atoms with Gasteiger partial charge in [0.15, 0.2) is 5.82 Å². The summed E-state index contributed by atoms with van der Waals surface area (Å²) in [5.41, 5.74) is 0.984. The molecule has 0 atom stereocenters. The van der Waals surface area contributed by atoms with E-state index < -0.39 is 5.82 Å². The molecule has 2 aromatic heterocycles. The molecule has 2 rings (SSSR count). The molecule has 0 N–H and O–H groups in total. The number of hydrogen-bond acceptors (Lipinski definition) is 5. The van der Waals surface area contributed by atoms with Crippen LogP contribution in [0.2, 0.25) is 0 Å². The Morgan fingerprint density at radius 1 is 1.56 bits per heavy atom. The van der Waals surface area contributed by atoms with Gasteiger partial charge in [0.05, 0.1) is 19.2 Å². The lowest BCUT2D eigenvalue weighted by Gasteiger charge is -1.97. The molecule has 0 saturated carbocycles. The first-order chi connectivity index (χ1) is 8.70. The molecule has 0 amide bonds. The van der Waals surface area contributed by atoms with Crippen LogP contribution in [0.1, 0.15) is 12.1 Å². The average molecular weight is 266 g/mol. The van der Waals surface area contributed by atoms with Crippen molar-refractivity contribution in [2.75, 3.05) is 7.11 Å². The van der Waals surface area contributed by atoms with Crippen LogP contribution in [-0.4, -0.2) is 23.0 Å². The lowest BCUT2D eigenvalue weighted by Crippen LogP contribution is -2.02. The first-order valence-corrected chi connectivity index (χ1v) is 6.21. The van der Waals surface area contributed by atoms with Gasteiger partial charge in [0.25, 0.3) is 0 Å². The summed E-state index contributed by atoms with van der Waals surface area (Å²) in [6.07, 6.45) is 2.27. The van der Waals surface area contributed by atoms with E-state index in [4.69, 9.17) is 0 Å². The second-order valence-corrected chi connectivity index (χ2v) is 4.41. The van der Waals surface area contributed by atoms with E-state index in [0.29, 0.717) is 11.4 Å². The number of methoxy groups -OCH3 is 1. The maximum atomic E-state index is 13.5. The van der Waals surface area contributed by atoms with Crippen LogP contribution >= 0.6 is 11.3 Å². The standard InChI is InChI=1S/C12H11FN2O2S/c1-17-10(16)5-4-8-7-18-12(15-8)11-9(13)3-2-6-14-11/h2-3,6-7H,4-5H2,1H3. The number of halogens is 1. The third kappa shape index (κ3) is 2.89. The smallest absolute Gasteiger partial charge is 0.305 e. The number of carbonyl (C=O) groups is 1. The van der Waals surface area contributed by atoms with E-state index in [9.17, 15) is 9.18 Å². The molecule has 4 nitrogen and oxygen atoms in total. The van der Waals surface area contributed by atoms with Crippen molar-refractivity contribution in [3.05, 3.63) is 35.2 Å². The molecule has 0 aliphatic heterocycles. The fourth-order valence-electron chi connectivity index (χ4n) is 1.41. The molecule has 94 valence electrons. The molecular weight excluding hydrogens is 255 g/mol. The first kappa shape index (κ1) is 12.6. The quantitative estimate of drug-likeness (QED) is 0.798. The van der Waals surface area contributed by atoms with Gasteiger partial charge in [-0.05, 0) is 12.1 Å². The third-order valence-corrected chi connectivity index (χ3v) is 3.22. The van der Waals surface area contributed by atoms with Gasteiger partial charge >= 0.3 is 5.97 Å². The Bertz CT molecular complexity index is 557. The predicted molar refractivity (Wildman–Crippen MR) is 65.6 cm³/mol. The number of thiazole rings is 1. The molecule has 0 saturated heterocycles. The molecule has 0 bridgehead atoms. The van der Waals surface area contributed by atoms with Crippen molar-refractivity contribution in [2.45, 2.75) is 12.8 Å². The summed E-state index contributed by atoms with van der Waals surface area (Å²) in [7, 11) is 1.35. The van der Waals surface area contributed by atoms with Gasteiger partial charge in [0.2, 0.25) is 0 Å². The number of carbonyl (C=O) groups excluding carboxylic acids is 1. The summed E-state index contributed by atoms with van der Waals surface area (Å²) in [6, 6.07) is 2.88. The summed E-state index contributed by atoms with van der Waals surface area (Å²) >= 11 is 1.31. The zero-order chi connectivity index (χ0) is 13.0. The zero-order valence-corrected chi connectivity index (χ0v) is 10.5. The first-order valence-electron chi connectivity index (χ1n) is 5.33. The number of rotatable bonds is 4. The number of ether oxygens (including phenoxy) is 1. The lowest BCUT2D eigenvalue weighted by atomic mass is 10.2. The van der Waals surface area contributed by atoms with E-state index in [1.54, 1.807) is 5.38 Å². The summed E-state index contributed by atoms with van der Waals surface area (Å²) in [5, 5.41) is 2.32. The molecule has 2 aromatic rings. The molecule has 18 heavy (non-hydrogen) atoms. The van der Waals surface area contributed by atoms with Crippen molar-refractivity contribution in [2.24, 2.45) is 0 Å². The highest BCUT2D eigenvalue weighted by atomic mass is 32.1. The van der Waals surface area contributed by atoms with E-state index in [2.05, 4.69) is 14.7 Å². The minimum Gasteiger partial charge on any atom is -0.469 e. The van der Waals surface area contributed by atoms with Crippen LogP contribution in [-0.2, 0) is 16.0 Å². The summed E-state index contributed by atoms with van der Waals surface area (Å²) < 4.78 is 18.0. The number of aryl methyl sites for hydroxylation is 1. The zero-order valence-electron chi connectivity index (χ0n) is 9.72. The van der Waals surface area contributed by atoms with Gasteiger partial charge in [-0.2, -0.15) is 0 Å². The van der Waals surface area contributed by atoms with Gasteiger partial charge in [0, 0.05) is 18.0 Å². The van der Waals surface area contributed by atoms with Crippen LogP contribution < -0.4 is 0 Å². The van der Waals surface area contributed by atoms with Crippen molar-refractivity contribution in [1.82, 2.24) is 9.97 Å². The second-order valence-electron chi connectivity index (χ2n) is 3.55. The molecule has 0 radical (unpaired) electrons. The van der Waals surface area contributed by atoms with E-state index in [-0.39, 0.29) is 18.1 Å². The van der Waals surface area contributed by atoms with E-state index in [1.165, 1.54) is 36.8 Å². The SMILES string of the molecule is COC(=O)CCc1csc(-c2ncccc2F)n1. The van der Waals surface area contributed by atoms with Crippen molar-refractivity contribution < 1.29 is 13.9 Å². The van der Waals surface area contributed by atoms with Crippen molar-refractivity contribution in [3.63, 3.8) is 0 Å². The van der Waals surface area contributed by atoms with Crippen LogP contribution in [0, 0.1) is 5.82 Å². The molecular formula is C12H11FN2O2S. The molecule has 0 fully saturated rings. The Balaban J connectivity index is 2.11. The van der Waals surface area contributed by atoms with Crippen molar-refractivity contribution in [3.8, 4) is 10.7 Å². The summed E-state index contributed by atoms with van der Waals surface area (Å²) in [5.74, 6) is -0.681.